The van der Waals surface area contributed by atoms with E-state index in [1.54, 1.807) is 11.8 Å². The van der Waals surface area contributed by atoms with E-state index in [0.717, 1.165) is 4.90 Å². The smallest absolute Gasteiger partial charge is 0.326 e. The van der Waals surface area contributed by atoms with Crippen LogP contribution < -0.4 is 0 Å². The number of rotatable bonds is 6. The van der Waals surface area contributed by atoms with Crippen molar-refractivity contribution in [2.45, 2.75) is 24.3 Å². The largest absolute Gasteiger partial charge is 0.480 e. The van der Waals surface area contributed by atoms with Crippen LogP contribution in [-0.2, 0) is 9.59 Å². The predicted molar refractivity (Wildman–Crippen MR) is 71.7 cm³/mol. The van der Waals surface area contributed by atoms with Crippen molar-refractivity contribution in [2.75, 3.05) is 12.8 Å². The third-order valence-corrected chi connectivity index (χ3v) is 3.67. The number of thioether (sulfide) groups is 1. The maximum atomic E-state index is 11.7. The third kappa shape index (κ3) is 4.41. The number of amides is 1. The lowest BCUT2D eigenvalue weighted by Gasteiger charge is -2.21. The fourth-order valence-corrected chi connectivity index (χ4v) is 2.19. The number of nitrogens with zero attached hydrogens (tertiary/aromatic N) is 1. The van der Waals surface area contributed by atoms with Crippen LogP contribution in [0.3, 0.4) is 0 Å². The second kappa shape index (κ2) is 7.06. The molecule has 1 aromatic rings. The minimum Gasteiger partial charge on any atom is -0.480 e. The first-order valence-corrected chi connectivity index (χ1v) is 6.67. The molecule has 18 heavy (non-hydrogen) atoms. The Bertz CT molecular complexity index is 408. The molecule has 0 aliphatic carbocycles. The van der Waals surface area contributed by atoms with Crippen molar-refractivity contribution in [3.05, 3.63) is 30.3 Å². The van der Waals surface area contributed by atoms with E-state index in [9.17, 15) is 9.59 Å². The molecular formula is C13H17NO3S. The molecule has 0 saturated carbocycles. The molecule has 0 saturated heterocycles. The molecule has 0 heterocycles. The van der Waals surface area contributed by atoms with Gasteiger partial charge in [-0.2, -0.15) is 0 Å². The highest BCUT2D eigenvalue weighted by Crippen LogP contribution is 2.18. The molecule has 0 bridgehead atoms. The van der Waals surface area contributed by atoms with E-state index in [0.29, 0.717) is 12.2 Å². The van der Waals surface area contributed by atoms with Gasteiger partial charge in [-0.1, -0.05) is 18.2 Å². The molecule has 0 aliphatic heterocycles. The molecule has 1 unspecified atom stereocenters. The molecule has 0 aromatic heterocycles. The summed E-state index contributed by atoms with van der Waals surface area (Å²) in [7, 11) is 1.52. The molecule has 0 fully saturated rings. The van der Waals surface area contributed by atoms with Gasteiger partial charge >= 0.3 is 5.97 Å². The first-order chi connectivity index (χ1) is 8.52. The Labute approximate surface area is 111 Å². The van der Waals surface area contributed by atoms with Gasteiger partial charge in [0.1, 0.15) is 6.04 Å². The number of benzene rings is 1. The molecule has 1 amide bonds. The van der Waals surface area contributed by atoms with Gasteiger partial charge in [-0.05, 0) is 19.1 Å². The second-order valence-corrected chi connectivity index (χ2v) is 5.10. The standard InChI is InChI=1S/C13H17NO3S/c1-10(13(16)17)14(2)12(15)8-9-18-11-6-4-3-5-7-11/h3-7,10H,8-9H2,1-2H3,(H,16,17). The number of hydrogen-bond donors (Lipinski definition) is 1. The van der Waals surface area contributed by atoms with E-state index in [1.807, 2.05) is 30.3 Å². The summed E-state index contributed by atoms with van der Waals surface area (Å²) < 4.78 is 0. The zero-order valence-electron chi connectivity index (χ0n) is 10.5. The van der Waals surface area contributed by atoms with Crippen LogP contribution in [0, 0.1) is 0 Å². The van der Waals surface area contributed by atoms with E-state index >= 15 is 0 Å². The Kier molecular flexibility index (Phi) is 5.71. The lowest BCUT2D eigenvalue weighted by molar-refractivity contribution is -0.148. The van der Waals surface area contributed by atoms with Gasteiger partial charge in [-0.15, -0.1) is 11.8 Å². The minimum atomic E-state index is -0.985. The van der Waals surface area contributed by atoms with Crippen LogP contribution in [0.4, 0.5) is 0 Å². The summed E-state index contributed by atoms with van der Waals surface area (Å²) in [6.45, 7) is 1.50. The van der Waals surface area contributed by atoms with Gasteiger partial charge in [0.05, 0.1) is 0 Å². The van der Waals surface area contributed by atoms with E-state index in [1.165, 1.54) is 18.9 Å². The van der Waals surface area contributed by atoms with Crippen LogP contribution in [-0.4, -0.2) is 40.7 Å². The second-order valence-electron chi connectivity index (χ2n) is 3.93. The van der Waals surface area contributed by atoms with E-state index in [-0.39, 0.29) is 5.91 Å². The zero-order valence-corrected chi connectivity index (χ0v) is 11.3. The third-order valence-electron chi connectivity index (χ3n) is 2.66. The Morgan fingerprint density at radius 3 is 2.50 bits per heavy atom. The van der Waals surface area contributed by atoms with Crippen molar-refractivity contribution < 1.29 is 14.7 Å². The molecule has 4 nitrogen and oxygen atoms in total. The summed E-state index contributed by atoms with van der Waals surface area (Å²) >= 11 is 1.59. The molecule has 1 N–H and O–H groups in total. The summed E-state index contributed by atoms with van der Waals surface area (Å²) in [6, 6.07) is 9.03. The summed E-state index contributed by atoms with van der Waals surface area (Å²) in [4.78, 5) is 24.9. The van der Waals surface area contributed by atoms with E-state index in [4.69, 9.17) is 5.11 Å². The summed E-state index contributed by atoms with van der Waals surface area (Å²) in [5, 5.41) is 8.81. The Balaban J connectivity index is 2.35. The highest BCUT2D eigenvalue weighted by atomic mass is 32.2. The van der Waals surface area contributed by atoms with Crippen molar-refractivity contribution in [2.24, 2.45) is 0 Å². The summed E-state index contributed by atoms with van der Waals surface area (Å²) in [5.41, 5.74) is 0. The van der Waals surface area contributed by atoms with Gasteiger partial charge in [0.25, 0.3) is 0 Å². The van der Waals surface area contributed by atoms with Crippen LogP contribution in [0.5, 0.6) is 0 Å². The zero-order chi connectivity index (χ0) is 13.5. The number of carbonyl (C=O) groups is 2. The monoisotopic (exact) mass is 267 g/mol. The van der Waals surface area contributed by atoms with Crippen molar-refractivity contribution >= 4 is 23.6 Å². The Hall–Kier alpha value is -1.49. The van der Waals surface area contributed by atoms with Crippen molar-refractivity contribution in [3.8, 4) is 0 Å². The van der Waals surface area contributed by atoms with Gasteiger partial charge in [0.15, 0.2) is 0 Å². The number of carboxylic acids is 1. The average molecular weight is 267 g/mol. The SMILES string of the molecule is CC(C(=O)O)N(C)C(=O)CCSc1ccccc1. The number of hydrogen-bond acceptors (Lipinski definition) is 3. The number of likely N-dealkylation sites (N-methyl/N-ethyl adjacent to an activating group) is 1. The van der Waals surface area contributed by atoms with Crippen LogP contribution in [0.2, 0.25) is 0 Å². The summed E-state index contributed by atoms with van der Waals surface area (Å²) in [5.74, 6) is -0.477. The summed E-state index contributed by atoms with van der Waals surface area (Å²) in [6.07, 6.45) is 0.341. The molecule has 1 atom stereocenters. The normalized spacial score (nSPS) is 11.9. The van der Waals surface area contributed by atoms with E-state index < -0.39 is 12.0 Å². The van der Waals surface area contributed by atoms with Crippen LogP contribution in [0.1, 0.15) is 13.3 Å². The molecule has 0 radical (unpaired) electrons. The highest BCUT2D eigenvalue weighted by molar-refractivity contribution is 7.99. The fourth-order valence-electron chi connectivity index (χ4n) is 1.33. The number of carbonyl (C=O) groups excluding carboxylic acids is 1. The van der Waals surface area contributed by atoms with Gasteiger partial charge in [-0.25, -0.2) is 4.79 Å². The first kappa shape index (κ1) is 14.6. The fraction of sp³-hybridized carbons (Fsp3) is 0.385. The lowest BCUT2D eigenvalue weighted by atomic mass is 10.3. The minimum absolute atomic E-state index is 0.145. The molecule has 1 aromatic carbocycles. The highest BCUT2D eigenvalue weighted by Gasteiger charge is 2.20. The van der Waals surface area contributed by atoms with Gasteiger partial charge in [0, 0.05) is 24.1 Å². The number of carboxylic acid groups (broad SMARTS) is 1. The molecule has 98 valence electrons. The quantitative estimate of drug-likeness (QED) is 0.802. The molecule has 0 spiro atoms. The topological polar surface area (TPSA) is 57.6 Å². The molecular weight excluding hydrogens is 250 g/mol. The van der Waals surface area contributed by atoms with Crippen molar-refractivity contribution in [1.29, 1.82) is 0 Å². The Morgan fingerprint density at radius 1 is 1.33 bits per heavy atom. The van der Waals surface area contributed by atoms with Gasteiger partial charge in [-0.3, -0.25) is 4.79 Å². The lowest BCUT2D eigenvalue weighted by Crippen LogP contribution is -2.40. The first-order valence-electron chi connectivity index (χ1n) is 5.68. The van der Waals surface area contributed by atoms with Crippen LogP contribution in [0.15, 0.2) is 35.2 Å². The Morgan fingerprint density at radius 2 is 1.94 bits per heavy atom. The maximum Gasteiger partial charge on any atom is 0.326 e. The number of aliphatic carboxylic acids is 1. The molecule has 0 aliphatic rings. The van der Waals surface area contributed by atoms with Crippen molar-refractivity contribution in [1.82, 2.24) is 4.90 Å². The van der Waals surface area contributed by atoms with Crippen LogP contribution in [0.25, 0.3) is 0 Å². The average Bonchev–Trinajstić information content (AvgIpc) is 2.38. The molecule has 5 heteroatoms. The van der Waals surface area contributed by atoms with Crippen LogP contribution >= 0.6 is 11.8 Å². The van der Waals surface area contributed by atoms with Crippen molar-refractivity contribution in [3.63, 3.8) is 0 Å². The van der Waals surface area contributed by atoms with Gasteiger partial charge < -0.3 is 10.0 Å². The maximum absolute atomic E-state index is 11.7. The molecule has 1 rings (SSSR count). The van der Waals surface area contributed by atoms with Gasteiger partial charge in [0.2, 0.25) is 5.91 Å². The predicted octanol–water partition coefficient (Wildman–Crippen LogP) is 2.10. The van der Waals surface area contributed by atoms with E-state index in [2.05, 4.69) is 0 Å².